The fourth-order valence-corrected chi connectivity index (χ4v) is 1.88. The number of primary amides is 1. The van der Waals surface area contributed by atoms with E-state index in [1.807, 2.05) is 0 Å². The second-order valence-corrected chi connectivity index (χ2v) is 4.32. The third kappa shape index (κ3) is 3.22. The molecule has 0 radical (unpaired) electrons. The van der Waals surface area contributed by atoms with Gasteiger partial charge < -0.3 is 11.1 Å². The largest absolute Gasteiger partial charge is 0.368 e. The topological polar surface area (TPSA) is 72.2 Å². The Morgan fingerprint density at radius 1 is 0.952 bits per heavy atom. The van der Waals surface area contributed by atoms with Crippen LogP contribution in [0.4, 0.5) is 8.78 Å². The molecule has 0 spiro atoms. The van der Waals surface area contributed by atoms with Gasteiger partial charge in [-0.05, 0) is 17.7 Å². The van der Waals surface area contributed by atoms with E-state index in [0.29, 0.717) is 5.56 Å². The summed E-state index contributed by atoms with van der Waals surface area (Å²) < 4.78 is 27.1. The van der Waals surface area contributed by atoms with Gasteiger partial charge >= 0.3 is 0 Å². The molecular weight excluding hydrogens is 278 g/mol. The van der Waals surface area contributed by atoms with Gasteiger partial charge in [-0.1, -0.05) is 36.4 Å². The number of hydrogen-bond donors (Lipinski definition) is 2. The van der Waals surface area contributed by atoms with E-state index >= 15 is 0 Å². The van der Waals surface area contributed by atoms with Crippen LogP contribution in [0.1, 0.15) is 22.0 Å². The molecule has 4 nitrogen and oxygen atoms in total. The maximum absolute atomic E-state index is 13.5. The Morgan fingerprint density at radius 3 is 2.05 bits per heavy atom. The van der Waals surface area contributed by atoms with E-state index in [9.17, 15) is 18.4 Å². The summed E-state index contributed by atoms with van der Waals surface area (Å²) in [6.07, 6.45) is 0. The molecule has 21 heavy (non-hydrogen) atoms. The number of halogens is 2. The lowest BCUT2D eigenvalue weighted by atomic mass is 10.1. The van der Waals surface area contributed by atoms with Crippen molar-refractivity contribution in [3.8, 4) is 0 Å². The highest BCUT2D eigenvalue weighted by Gasteiger charge is 2.24. The Balaban J connectivity index is 2.30. The molecule has 0 bridgehead atoms. The fraction of sp³-hybridized carbons (Fsp3) is 0.0667. The Bertz CT molecular complexity index is 654. The fourth-order valence-electron chi connectivity index (χ4n) is 1.88. The number of nitrogens with two attached hydrogens (primary N) is 1. The van der Waals surface area contributed by atoms with Gasteiger partial charge in [-0.3, -0.25) is 9.59 Å². The lowest BCUT2D eigenvalue weighted by molar-refractivity contribution is -0.120. The second-order valence-electron chi connectivity index (χ2n) is 4.32. The highest BCUT2D eigenvalue weighted by molar-refractivity contribution is 5.98. The summed E-state index contributed by atoms with van der Waals surface area (Å²) in [5, 5.41) is 2.24. The number of rotatable bonds is 4. The summed E-state index contributed by atoms with van der Waals surface area (Å²) in [5.74, 6) is -3.89. The highest BCUT2D eigenvalue weighted by atomic mass is 19.1. The zero-order valence-corrected chi connectivity index (χ0v) is 10.8. The Hall–Kier alpha value is -2.76. The standard InChI is InChI=1S/C15H12F2N2O2/c16-10-7-4-8-11(17)12(10)15(21)19-13(14(18)20)9-5-2-1-3-6-9/h1-8,13H,(H2,18,20)(H,19,21). The molecule has 3 N–H and O–H groups in total. The quantitative estimate of drug-likeness (QED) is 0.903. The molecule has 1 atom stereocenters. The molecule has 2 amide bonds. The first-order valence-electron chi connectivity index (χ1n) is 6.10. The van der Waals surface area contributed by atoms with Crippen LogP contribution >= 0.6 is 0 Å². The maximum Gasteiger partial charge on any atom is 0.258 e. The number of carbonyl (C=O) groups is 2. The van der Waals surface area contributed by atoms with Gasteiger partial charge in [0.2, 0.25) is 5.91 Å². The predicted molar refractivity (Wildman–Crippen MR) is 72.2 cm³/mol. The summed E-state index contributed by atoms with van der Waals surface area (Å²) in [4.78, 5) is 23.4. The molecule has 1 unspecified atom stereocenters. The first-order chi connectivity index (χ1) is 10.0. The Labute approximate surface area is 119 Å². The monoisotopic (exact) mass is 290 g/mol. The minimum absolute atomic E-state index is 0.426. The van der Waals surface area contributed by atoms with Gasteiger partial charge in [0.1, 0.15) is 23.2 Å². The number of nitrogens with one attached hydrogen (secondary N) is 1. The van der Waals surface area contributed by atoms with Crippen LogP contribution in [-0.4, -0.2) is 11.8 Å². The average molecular weight is 290 g/mol. The molecule has 0 aliphatic carbocycles. The second kappa shape index (κ2) is 6.13. The molecule has 2 aromatic carbocycles. The van der Waals surface area contributed by atoms with Crippen LogP contribution in [0.15, 0.2) is 48.5 Å². The molecule has 6 heteroatoms. The van der Waals surface area contributed by atoms with Crippen molar-refractivity contribution >= 4 is 11.8 Å². The number of hydrogen-bond acceptors (Lipinski definition) is 2. The maximum atomic E-state index is 13.5. The van der Waals surface area contributed by atoms with Crippen molar-refractivity contribution in [3.05, 3.63) is 71.3 Å². The van der Waals surface area contributed by atoms with E-state index in [1.54, 1.807) is 30.3 Å². The van der Waals surface area contributed by atoms with Crippen molar-refractivity contribution < 1.29 is 18.4 Å². The lowest BCUT2D eigenvalue weighted by Gasteiger charge is -2.16. The molecule has 0 saturated carbocycles. The van der Waals surface area contributed by atoms with Gasteiger partial charge in [-0.25, -0.2) is 8.78 Å². The molecule has 2 aromatic rings. The first-order valence-corrected chi connectivity index (χ1v) is 6.10. The van der Waals surface area contributed by atoms with E-state index < -0.39 is 35.1 Å². The number of carbonyl (C=O) groups excluding carboxylic acids is 2. The zero-order valence-electron chi connectivity index (χ0n) is 10.8. The molecule has 0 saturated heterocycles. The van der Waals surface area contributed by atoms with Gasteiger partial charge in [-0.2, -0.15) is 0 Å². The van der Waals surface area contributed by atoms with Gasteiger partial charge in [0.15, 0.2) is 0 Å². The van der Waals surface area contributed by atoms with Crippen LogP contribution in [0.3, 0.4) is 0 Å². The SMILES string of the molecule is NC(=O)C(NC(=O)c1c(F)cccc1F)c1ccccc1. The van der Waals surface area contributed by atoms with Crippen molar-refractivity contribution in [2.24, 2.45) is 5.73 Å². The smallest absolute Gasteiger partial charge is 0.258 e. The van der Waals surface area contributed by atoms with Gasteiger partial charge in [0.05, 0.1) is 0 Å². The van der Waals surface area contributed by atoms with Crippen LogP contribution in [0.5, 0.6) is 0 Å². The van der Waals surface area contributed by atoms with Crippen LogP contribution in [0.25, 0.3) is 0 Å². The number of benzene rings is 2. The van der Waals surface area contributed by atoms with Crippen molar-refractivity contribution in [2.45, 2.75) is 6.04 Å². The minimum atomic E-state index is -1.17. The van der Waals surface area contributed by atoms with Crippen LogP contribution < -0.4 is 11.1 Å². The summed E-state index contributed by atoms with van der Waals surface area (Å²) >= 11 is 0. The molecular formula is C15H12F2N2O2. The van der Waals surface area contributed by atoms with E-state index in [1.165, 1.54) is 0 Å². The molecule has 108 valence electrons. The molecule has 0 aliphatic rings. The summed E-state index contributed by atoms with van der Waals surface area (Å²) in [7, 11) is 0. The summed E-state index contributed by atoms with van der Waals surface area (Å²) in [6.45, 7) is 0. The van der Waals surface area contributed by atoms with Crippen molar-refractivity contribution in [1.29, 1.82) is 0 Å². The van der Waals surface area contributed by atoms with Crippen molar-refractivity contribution in [2.75, 3.05) is 0 Å². The third-order valence-electron chi connectivity index (χ3n) is 2.88. The minimum Gasteiger partial charge on any atom is -0.368 e. The molecule has 2 rings (SSSR count). The first kappa shape index (κ1) is 14.6. The number of amides is 2. The normalized spacial score (nSPS) is 11.7. The third-order valence-corrected chi connectivity index (χ3v) is 2.88. The zero-order chi connectivity index (χ0) is 15.4. The molecule has 0 fully saturated rings. The van der Waals surface area contributed by atoms with Crippen molar-refractivity contribution in [1.82, 2.24) is 5.32 Å². The Morgan fingerprint density at radius 2 is 1.52 bits per heavy atom. The molecule has 0 aliphatic heterocycles. The average Bonchev–Trinajstić information content (AvgIpc) is 2.45. The van der Waals surface area contributed by atoms with E-state index in [2.05, 4.69) is 5.32 Å². The van der Waals surface area contributed by atoms with Crippen LogP contribution in [0, 0.1) is 11.6 Å². The van der Waals surface area contributed by atoms with E-state index in [4.69, 9.17) is 5.73 Å². The van der Waals surface area contributed by atoms with Crippen LogP contribution in [0.2, 0.25) is 0 Å². The van der Waals surface area contributed by atoms with E-state index in [-0.39, 0.29) is 0 Å². The molecule has 0 heterocycles. The molecule has 0 aromatic heterocycles. The van der Waals surface area contributed by atoms with Gasteiger partial charge in [0.25, 0.3) is 5.91 Å². The van der Waals surface area contributed by atoms with Gasteiger partial charge in [-0.15, -0.1) is 0 Å². The summed E-state index contributed by atoms with van der Waals surface area (Å²) in [6, 6.07) is 10.1. The van der Waals surface area contributed by atoms with Gasteiger partial charge in [0, 0.05) is 0 Å². The lowest BCUT2D eigenvalue weighted by Crippen LogP contribution is -2.38. The van der Waals surface area contributed by atoms with E-state index in [0.717, 1.165) is 18.2 Å². The predicted octanol–water partition coefficient (Wildman–Crippen LogP) is 1.92. The van der Waals surface area contributed by atoms with Crippen LogP contribution in [-0.2, 0) is 4.79 Å². The summed E-state index contributed by atoms with van der Waals surface area (Å²) in [5.41, 5.74) is 4.91. The highest BCUT2D eigenvalue weighted by Crippen LogP contribution is 2.16. The Kier molecular flexibility index (Phi) is 4.27. The van der Waals surface area contributed by atoms with Crippen molar-refractivity contribution in [3.63, 3.8) is 0 Å².